The van der Waals surface area contributed by atoms with E-state index in [0.29, 0.717) is 17.1 Å². The number of methoxy groups -OCH3 is 2. The molecule has 2 heterocycles. The van der Waals surface area contributed by atoms with Crippen molar-refractivity contribution < 1.29 is 19.1 Å². The number of ketones is 1. The number of hydrogen-bond donors (Lipinski definition) is 0. The number of nitrogens with zero attached hydrogens (tertiary/aromatic N) is 2. The van der Waals surface area contributed by atoms with Gasteiger partial charge in [0.25, 0.3) is 0 Å². The van der Waals surface area contributed by atoms with Crippen molar-refractivity contribution in [3.05, 3.63) is 65.0 Å². The summed E-state index contributed by atoms with van der Waals surface area (Å²) in [6.07, 6.45) is 3.70. The molecular weight excluding hydrogens is 380 g/mol. The van der Waals surface area contributed by atoms with Gasteiger partial charge < -0.3 is 18.9 Å². The number of fused-ring (bicyclic) bond motifs is 2. The lowest BCUT2D eigenvalue weighted by Crippen LogP contribution is -2.32. The summed E-state index contributed by atoms with van der Waals surface area (Å²) in [6.45, 7) is 1.92. The van der Waals surface area contributed by atoms with E-state index in [0.717, 1.165) is 27.7 Å². The van der Waals surface area contributed by atoms with Gasteiger partial charge in [0.2, 0.25) is 5.91 Å². The Bertz CT molecular complexity index is 1190. The van der Waals surface area contributed by atoms with Crippen LogP contribution in [0.1, 0.15) is 27.2 Å². The molecule has 0 fully saturated rings. The Hall–Kier alpha value is -3.54. The molecule has 2 aromatic carbocycles. The van der Waals surface area contributed by atoms with Crippen molar-refractivity contribution in [1.82, 2.24) is 9.47 Å². The second-order valence-electron chi connectivity index (χ2n) is 7.38. The molecule has 0 unspecified atom stereocenters. The number of ether oxygens (including phenoxy) is 2. The van der Waals surface area contributed by atoms with E-state index in [1.165, 1.54) is 4.90 Å². The number of benzene rings is 2. The number of carbonyl (C=O) groups is 2. The highest BCUT2D eigenvalue weighted by atomic mass is 16.5. The predicted octanol–water partition coefficient (Wildman–Crippen LogP) is 3.74. The average molecular weight is 404 g/mol. The zero-order valence-corrected chi connectivity index (χ0v) is 17.6. The fraction of sp³-hybridized carbons (Fsp3) is 0.250. The lowest BCUT2D eigenvalue weighted by Gasteiger charge is -2.16. The number of para-hydroxylation sites is 1. The smallest absolute Gasteiger partial charge is 0.231 e. The largest absolute Gasteiger partial charge is 0.493 e. The molecule has 0 N–H and O–H groups in total. The van der Waals surface area contributed by atoms with E-state index in [2.05, 4.69) is 0 Å². The van der Waals surface area contributed by atoms with Gasteiger partial charge in [0.05, 0.1) is 27.2 Å². The first-order chi connectivity index (χ1) is 14.4. The Morgan fingerprint density at radius 2 is 1.80 bits per heavy atom. The molecule has 1 aromatic heterocycles. The molecule has 0 saturated carbocycles. The molecule has 1 aliphatic rings. The zero-order valence-electron chi connectivity index (χ0n) is 17.6. The van der Waals surface area contributed by atoms with Crippen molar-refractivity contribution in [3.8, 4) is 11.5 Å². The minimum atomic E-state index is -0.136. The Morgan fingerprint density at radius 3 is 2.53 bits per heavy atom. The normalized spacial score (nSPS) is 13.3. The van der Waals surface area contributed by atoms with Gasteiger partial charge in [-0.1, -0.05) is 18.2 Å². The summed E-state index contributed by atoms with van der Waals surface area (Å²) in [6, 6.07) is 11.5. The summed E-state index contributed by atoms with van der Waals surface area (Å²) in [4.78, 5) is 27.6. The third kappa shape index (κ3) is 3.24. The lowest BCUT2D eigenvalue weighted by atomic mass is 10.0. The van der Waals surface area contributed by atoms with Gasteiger partial charge >= 0.3 is 0 Å². The fourth-order valence-corrected chi connectivity index (χ4v) is 4.01. The molecule has 0 spiro atoms. The quantitative estimate of drug-likeness (QED) is 0.608. The number of aryl methyl sites for hydroxylation is 1. The standard InChI is InChI=1S/C24H24N2O4/c1-15-24(18-7-5-6-8-19(18)25(15)2)20(27)14-26-10-9-16-11-21(29-3)22(30-4)12-17(16)13-23(26)28/h5-12H,13-14H2,1-4H3. The van der Waals surface area contributed by atoms with Crippen LogP contribution in [0.3, 0.4) is 0 Å². The maximum Gasteiger partial charge on any atom is 0.231 e. The minimum absolute atomic E-state index is 0.00750. The average Bonchev–Trinajstić information content (AvgIpc) is 2.91. The summed E-state index contributed by atoms with van der Waals surface area (Å²) in [7, 11) is 5.09. The Kier molecular flexibility index (Phi) is 5.08. The van der Waals surface area contributed by atoms with Crippen LogP contribution in [-0.2, 0) is 18.3 Å². The summed E-state index contributed by atoms with van der Waals surface area (Å²) >= 11 is 0. The number of rotatable bonds is 5. The van der Waals surface area contributed by atoms with Crippen LogP contribution in [0.4, 0.5) is 0 Å². The van der Waals surface area contributed by atoms with Crippen LogP contribution in [0.5, 0.6) is 11.5 Å². The van der Waals surface area contributed by atoms with Gasteiger partial charge in [-0.15, -0.1) is 0 Å². The van der Waals surface area contributed by atoms with E-state index in [1.807, 2.05) is 61.0 Å². The van der Waals surface area contributed by atoms with Crippen molar-refractivity contribution in [1.29, 1.82) is 0 Å². The molecule has 6 nitrogen and oxygen atoms in total. The highest BCUT2D eigenvalue weighted by Gasteiger charge is 2.24. The van der Waals surface area contributed by atoms with Gasteiger partial charge in [0, 0.05) is 35.4 Å². The molecule has 0 radical (unpaired) electrons. The van der Waals surface area contributed by atoms with E-state index >= 15 is 0 Å². The Balaban J connectivity index is 1.64. The van der Waals surface area contributed by atoms with Crippen LogP contribution in [0.25, 0.3) is 17.0 Å². The minimum Gasteiger partial charge on any atom is -0.493 e. The zero-order chi connectivity index (χ0) is 21.4. The van der Waals surface area contributed by atoms with Crippen LogP contribution < -0.4 is 9.47 Å². The number of hydrogen-bond acceptors (Lipinski definition) is 4. The summed E-state index contributed by atoms with van der Waals surface area (Å²) in [5, 5.41) is 0.909. The van der Waals surface area contributed by atoms with Crippen LogP contribution in [-0.4, -0.2) is 41.9 Å². The molecule has 0 aliphatic carbocycles. The first kappa shape index (κ1) is 19.8. The molecule has 1 amide bonds. The van der Waals surface area contributed by atoms with Gasteiger partial charge in [-0.2, -0.15) is 0 Å². The number of amides is 1. The maximum atomic E-state index is 13.2. The summed E-state index contributed by atoms with van der Waals surface area (Å²) in [5.41, 5.74) is 4.27. The molecular formula is C24H24N2O4. The van der Waals surface area contributed by atoms with E-state index in [4.69, 9.17) is 9.47 Å². The second-order valence-corrected chi connectivity index (χ2v) is 7.38. The van der Waals surface area contributed by atoms with Crippen LogP contribution in [0.15, 0.2) is 42.6 Å². The molecule has 6 heteroatoms. The maximum absolute atomic E-state index is 13.2. The van der Waals surface area contributed by atoms with Crippen molar-refractivity contribution in [2.45, 2.75) is 13.3 Å². The van der Waals surface area contributed by atoms with Crippen molar-refractivity contribution in [3.63, 3.8) is 0 Å². The SMILES string of the molecule is COc1cc2c(cc1OC)CC(=O)N(CC(=O)c1c(C)n(C)c3ccccc13)C=C2. The summed E-state index contributed by atoms with van der Waals surface area (Å²) < 4.78 is 12.7. The molecule has 4 rings (SSSR count). The third-order valence-electron chi connectivity index (χ3n) is 5.73. The molecule has 154 valence electrons. The van der Waals surface area contributed by atoms with E-state index in [9.17, 15) is 9.59 Å². The van der Waals surface area contributed by atoms with E-state index in [1.54, 1.807) is 20.4 Å². The summed E-state index contributed by atoms with van der Waals surface area (Å²) in [5.74, 6) is 0.962. The molecule has 0 atom stereocenters. The van der Waals surface area contributed by atoms with Gasteiger partial charge in [-0.3, -0.25) is 9.59 Å². The van der Waals surface area contributed by atoms with Crippen molar-refractivity contribution in [2.24, 2.45) is 7.05 Å². The van der Waals surface area contributed by atoms with E-state index < -0.39 is 0 Å². The molecule has 3 aromatic rings. The van der Waals surface area contributed by atoms with Crippen molar-refractivity contribution >= 4 is 28.7 Å². The van der Waals surface area contributed by atoms with Crippen LogP contribution in [0.2, 0.25) is 0 Å². The molecule has 1 aliphatic heterocycles. The molecule has 0 bridgehead atoms. The van der Waals surface area contributed by atoms with Gasteiger partial charge in [-0.25, -0.2) is 0 Å². The first-order valence-corrected chi connectivity index (χ1v) is 9.74. The van der Waals surface area contributed by atoms with Crippen molar-refractivity contribution in [2.75, 3.05) is 20.8 Å². The van der Waals surface area contributed by atoms with Gasteiger partial charge in [-0.05, 0) is 42.3 Å². The highest BCUT2D eigenvalue weighted by molar-refractivity contribution is 6.11. The molecule has 0 saturated heterocycles. The number of carbonyl (C=O) groups excluding carboxylic acids is 2. The van der Waals surface area contributed by atoms with Gasteiger partial charge in [0.15, 0.2) is 17.3 Å². The van der Waals surface area contributed by atoms with Crippen LogP contribution >= 0.6 is 0 Å². The number of Topliss-reactive ketones (excluding diaryl/α,β-unsaturated/α-hetero) is 1. The first-order valence-electron chi connectivity index (χ1n) is 9.74. The fourth-order valence-electron chi connectivity index (χ4n) is 4.01. The third-order valence-corrected chi connectivity index (χ3v) is 5.73. The molecule has 30 heavy (non-hydrogen) atoms. The topological polar surface area (TPSA) is 60.8 Å². The predicted molar refractivity (Wildman–Crippen MR) is 116 cm³/mol. The van der Waals surface area contributed by atoms with Crippen LogP contribution in [0, 0.1) is 6.92 Å². The lowest BCUT2D eigenvalue weighted by molar-refractivity contribution is -0.127. The second kappa shape index (κ2) is 7.71. The monoisotopic (exact) mass is 404 g/mol. The van der Waals surface area contributed by atoms with E-state index in [-0.39, 0.29) is 24.7 Å². The number of aromatic nitrogens is 1. The Morgan fingerprint density at radius 1 is 1.10 bits per heavy atom. The highest BCUT2D eigenvalue weighted by Crippen LogP contribution is 2.33. The van der Waals surface area contributed by atoms with Gasteiger partial charge in [0.1, 0.15) is 0 Å². The Labute approximate surface area is 175 Å².